The summed E-state index contributed by atoms with van der Waals surface area (Å²) in [6, 6.07) is 1.94. The van der Waals surface area contributed by atoms with E-state index in [0.29, 0.717) is 36.3 Å². The summed E-state index contributed by atoms with van der Waals surface area (Å²) in [6.45, 7) is 9.96. The highest BCUT2D eigenvalue weighted by Crippen LogP contribution is 2.38. The second kappa shape index (κ2) is 9.34. The minimum Gasteiger partial charge on any atom is -0.177 e. The second-order valence-corrected chi connectivity index (χ2v) is 16.2. The first-order valence-corrected chi connectivity index (χ1v) is 13.2. The lowest BCUT2D eigenvalue weighted by molar-refractivity contribution is -0.0585. The predicted molar refractivity (Wildman–Crippen MR) is 86.5 cm³/mol. The first-order valence-electron chi connectivity index (χ1n) is 8.00. The Morgan fingerprint density at radius 3 is 0.591 bits per heavy atom. The number of hydrogen-bond acceptors (Lipinski definition) is 0. The van der Waals surface area contributed by atoms with Crippen LogP contribution in [-0.4, -0.2) is 27.7 Å². The molecule has 0 saturated heterocycles. The van der Waals surface area contributed by atoms with Gasteiger partial charge in [-0.05, 0) is 0 Å². The van der Waals surface area contributed by atoms with Crippen LogP contribution >= 0.6 is 0 Å². The zero-order chi connectivity index (χ0) is 18.2. The van der Waals surface area contributed by atoms with Crippen LogP contribution in [0.4, 0.5) is 26.3 Å². The third-order valence-corrected chi connectivity index (χ3v) is 15.8. The lowest BCUT2D eigenvalue weighted by Crippen LogP contribution is -2.48. The molecule has 0 aromatic carbocycles. The highest BCUT2D eigenvalue weighted by Gasteiger charge is 2.53. The van der Waals surface area contributed by atoms with Crippen LogP contribution in [0.3, 0.4) is 0 Å². The third kappa shape index (κ3) is 5.58. The summed E-state index contributed by atoms with van der Waals surface area (Å²) in [4.78, 5) is 0. The van der Waals surface area contributed by atoms with Crippen molar-refractivity contribution < 1.29 is 26.3 Å². The quantitative estimate of drug-likeness (QED) is 0.344. The molecule has 0 aliphatic carbocycles. The van der Waals surface area contributed by atoms with Crippen LogP contribution in [0.1, 0.15) is 41.5 Å². The molecule has 0 aliphatic rings. The Kier molecular flexibility index (Phi) is 10.3. The number of alkyl halides is 6. The van der Waals surface area contributed by atoms with E-state index >= 15 is 0 Å². The monoisotopic (exact) mass is 368 g/mol. The van der Waals surface area contributed by atoms with Crippen LogP contribution in [0.5, 0.6) is 0 Å². The molecule has 0 rings (SSSR count). The van der Waals surface area contributed by atoms with Crippen molar-refractivity contribution in [2.45, 2.75) is 89.4 Å². The van der Waals surface area contributed by atoms with Crippen LogP contribution < -0.4 is 0 Å². The van der Waals surface area contributed by atoms with Gasteiger partial charge in [-0.2, -0.15) is 26.3 Å². The molecule has 0 nitrogen and oxygen atoms in total. The molecule has 0 radical (unpaired) electrons. The highest BCUT2D eigenvalue weighted by molar-refractivity contribution is 6.81. The van der Waals surface area contributed by atoms with Crippen LogP contribution in [0, 0.1) is 0 Å². The van der Waals surface area contributed by atoms with Gasteiger partial charge in [0.15, 0.2) is 16.1 Å². The van der Waals surface area contributed by atoms with Crippen molar-refractivity contribution in [3.05, 3.63) is 0 Å². The van der Waals surface area contributed by atoms with E-state index in [9.17, 15) is 26.3 Å². The summed E-state index contributed by atoms with van der Waals surface area (Å²) in [5, 5.41) is 0. The summed E-state index contributed by atoms with van der Waals surface area (Å²) in [5.74, 6) is -7.80. The molecule has 0 bridgehead atoms. The largest absolute Gasteiger partial charge is 0.361 e. The number of halogens is 6. The highest BCUT2D eigenvalue weighted by atomic mass is 28.3. The van der Waals surface area contributed by atoms with Crippen molar-refractivity contribution >= 4 is 16.1 Å². The molecule has 0 amide bonds. The molecule has 0 aliphatic heterocycles. The number of rotatable bonds is 6. The van der Waals surface area contributed by atoms with E-state index in [1.54, 1.807) is 41.5 Å². The Morgan fingerprint density at radius 1 is 0.455 bits per heavy atom. The molecule has 0 heterocycles. The predicted octanol–water partition coefficient (Wildman–Crippen LogP) is 7.19. The van der Waals surface area contributed by atoms with Gasteiger partial charge in [0, 0.05) is 0 Å². The molecule has 0 aromatic rings. The molecule has 0 saturated carbocycles. The van der Waals surface area contributed by atoms with Crippen molar-refractivity contribution in [1.29, 1.82) is 0 Å². The smallest absolute Gasteiger partial charge is 0.177 e. The second-order valence-electron chi connectivity index (χ2n) is 5.68. The standard InChI is InChI=1S/2C7H15F3Si/c2*1-4-11(5-2,6-3)7(8,9)10/h2*4-6H2,1-3H3. The lowest BCUT2D eigenvalue weighted by Gasteiger charge is -2.29. The topological polar surface area (TPSA) is 0 Å². The summed E-state index contributed by atoms with van der Waals surface area (Å²) in [7, 11) is -5.84. The van der Waals surface area contributed by atoms with E-state index in [1.165, 1.54) is 0 Å². The molecular weight excluding hydrogens is 338 g/mol. The SMILES string of the molecule is CC[Si](CC)(CC)C(F)(F)F.CC[Si](CC)(CC)C(F)(F)F. The van der Waals surface area contributed by atoms with Crippen molar-refractivity contribution in [2.24, 2.45) is 0 Å². The van der Waals surface area contributed by atoms with E-state index in [-0.39, 0.29) is 0 Å². The van der Waals surface area contributed by atoms with Gasteiger partial charge in [0.2, 0.25) is 0 Å². The molecule has 0 fully saturated rings. The summed E-state index contributed by atoms with van der Waals surface area (Å²) in [5.41, 5.74) is 0. The minimum atomic E-state index is -3.90. The van der Waals surface area contributed by atoms with Crippen LogP contribution in [0.2, 0.25) is 36.3 Å². The summed E-state index contributed by atoms with van der Waals surface area (Å²) in [6.07, 6.45) is 0. The van der Waals surface area contributed by atoms with E-state index in [4.69, 9.17) is 0 Å². The normalized spacial score (nSPS) is 13.6. The Morgan fingerprint density at radius 2 is 0.591 bits per heavy atom. The molecule has 0 spiro atoms. The fourth-order valence-corrected chi connectivity index (χ4v) is 8.11. The van der Waals surface area contributed by atoms with Crippen LogP contribution in [0.15, 0.2) is 0 Å². The maximum absolute atomic E-state index is 12.4. The first kappa shape index (κ1) is 24.3. The zero-order valence-electron chi connectivity index (χ0n) is 14.5. The van der Waals surface area contributed by atoms with Crippen LogP contribution in [0.25, 0.3) is 0 Å². The molecule has 0 unspecified atom stereocenters. The molecular formula is C14H30F6Si2. The van der Waals surface area contributed by atoms with E-state index < -0.39 is 27.7 Å². The van der Waals surface area contributed by atoms with Crippen molar-refractivity contribution in [3.63, 3.8) is 0 Å². The fraction of sp³-hybridized carbons (Fsp3) is 1.00. The van der Waals surface area contributed by atoms with Crippen molar-refractivity contribution in [3.8, 4) is 0 Å². The maximum Gasteiger partial charge on any atom is 0.361 e. The van der Waals surface area contributed by atoms with Crippen molar-refractivity contribution in [1.82, 2.24) is 0 Å². The zero-order valence-corrected chi connectivity index (χ0v) is 16.5. The summed E-state index contributed by atoms with van der Waals surface area (Å²) < 4.78 is 74.6. The van der Waals surface area contributed by atoms with Gasteiger partial charge in [-0.3, -0.25) is 0 Å². The van der Waals surface area contributed by atoms with E-state index in [1.807, 2.05) is 0 Å². The van der Waals surface area contributed by atoms with Gasteiger partial charge < -0.3 is 0 Å². The summed E-state index contributed by atoms with van der Waals surface area (Å²) >= 11 is 0. The molecule has 0 aromatic heterocycles. The lowest BCUT2D eigenvalue weighted by atomic mass is 10.9. The van der Waals surface area contributed by atoms with Gasteiger partial charge in [-0.15, -0.1) is 0 Å². The average Bonchev–Trinajstić information content (AvgIpc) is 2.41. The molecule has 8 heteroatoms. The fourth-order valence-electron chi connectivity index (χ4n) is 2.70. The van der Waals surface area contributed by atoms with Gasteiger partial charge in [-0.1, -0.05) is 77.8 Å². The van der Waals surface area contributed by atoms with Gasteiger partial charge in [0.25, 0.3) is 0 Å². The average molecular weight is 369 g/mol. The maximum atomic E-state index is 12.4. The Labute approximate surface area is 132 Å². The van der Waals surface area contributed by atoms with Gasteiger partial charge in [-0.25, -0.2) is 0 Å². The molecule has 0 atom stereocenters. The molecule has 0 N–H and O–H groups in total. The van der Waals surface area contributed by atoms with Crippen molar-refractivity contribution in [2.75, 3.05) is 0 Å². The van der Waals surface area contributed by atoms with E-state index in [2.05, 4.69) is 0 Å². The Hall–Kier alpha value is 0.0138. The Bertz CT molecular complexity index is 244. The third-order valence-electron chi connectivity index (χ3n) is 5.26. The Balaban J connectivity index is 0. The number of hydrogen-bond donors (Lipinski definition) is 0. The van der Waals surface area contributed by atoms with Gasteiger partial charge >= 0.3 is 11.6 Å². The molecule has 136 valence electrons. The van der Waals surface area contributed by atoms with Gasteiger partial charge in [0.05, 0.1) is 0 Å². The molecule has 22 heavy (non-hydrogen) atoms. The van der Waals surface area contributed by atoms with Crippen LogP contribution in [-0.2, 0) is 0 Å². The van der Waals surface area contributed by atoms with E-state index in [0.717, 1.165) is 0 Å². The minimum absolute atomic E-state index is 0.323. The first-order chi connectivity index (χ1) is 9.86. The van der Waals surface area contributed by atoms with Gasteiger partial charge in [0.1, 0.15) is 0 Å².